The number of morpholine rings is 1. The monoisotopic (exact) mass is 525 g/mol. The van der Waals surface area contributed by atoms with Gasteiger partial charge in [0.25, 0.3) is 5.91 Å². The molecule has 4 heterocycles. The van der Waals surface area contributed by atoms with Crippen molar-refractivity contribution >= 4 is 22.6 Å². The van der Waals surface area contributed by atoms with E-state index < -0.39 is 5.60 Å². The largest absolute Gasteiger partial charge is 0.386 e. The summed E-state index contributed by atoms with van der Waals surface area (Å²) < 4.78 is 5.87. The summed E-state index contributed by atoms with van der Waals surface area (Å²) in [6.07, 6.45) is 2.07. The zero-order valence-corrected chi connectivity index (χ0v) is 23.1. The summed E-state index contributed by atoms with van der Waals surface area (Å²) in [5.41, 5.74) is 4.19. The smallest absolute Gasteiger partial charge is 0.251 e. The van der Waals surface area contributed by atoms with Crippen LogP contribution in [-0.4, -0.2) is 51.3 Å². The zero-order chi connectivity index (χ0) is 27.7. The number of aromatic nitrogens is 3. The minimum Gasteiger partial charge on any atom is -0.386 e. The van der Waals surface area contributed by atoms with E-state index in [2.05, 4.69) is 29.0 Å². The number of carbonyl (C=O) groups is 1. The quantitative estimate of drug-likeness (QED) is 0.374. The molecule has 8 heteroatoms. The highest BCUT2D eigenvalue weighted by molar-refractivity contribution is 5.94. The van der Waals surface area contributed by atoms with Crippen molar-refractivity contribution in [2.24, 2.45) is 0 Å². The van der Waals surface area contributed by atoms with E-state index >= 15 is 0 Å². The van der Waals surface area contributed by atoms with Crippen molar-refractivity contribution in [3.8, 4) is 11.4 Å². The maximum absolute atomic E-state index is 12.9. The van der Waals surface area contributed by atoms with Gasteiger partial charge in [0.05, 0.1) is 47.0 Å². The maximum Gasteiger partial charge on any atom is 0.251 e. The Kier molecular flexibility index (Phi) is 7.34. The summed E-state index contributed by atoms with van der Waals surface area (Å²) in [5.74, 6) is 0.690. The average molecular weight is 526 g/mol. The van der Waals surface area contributed by atoms with Gasteiger partial charge in [0.1, 0.15) is 5.82 Å². The van der Waals surface area contributed by atoms with Crippen molar-refractivity contribution in [1.29, 1.82) is 0 Å². The molecule has 1 aromatic carbocycles. The Bertz CT molecular complexity index is 1500. The van der Waals surface area contributed by atoms with Gasteiger partial charge in [0, 0.05) is 30.2 Å². The van der Waals surface area contributed by atoms with E-state index in [0.29, 0.717) is 11.3 Å². The number of fused-ring (bicyclic) bond motifs is 1. The van der Waals surface area contributed by atoms with Crippen LogP contribution >= 0.6 is 0 Å². The van der Waals surface area contributed by atoms with Crippen molar-refractivity contribution in [1.82, 2.24) is 20.3 Å². The predicted molar refractivity (Wildman–Crippen MR) is 153 cm³/mol. The molecule has 5 rings (SSSR count). The fourth-order valence-corrected chi connectivity index (χ4v) is 5.10. The molecule has 0 aliphatic carbocycles. The Labute approximate surface area is 229 Å². The van der Waals surface area contributed by atoms with Crippen LogP contribution in [0.25, 0.3) is 22.3 Å². The maximum atomic E-state index is 12.9. The summed E-state index contributed by atoms with van der Waals surface area (Å²) in [6.45, 7) is 11.4. The molecule has 1 amide bonds. The normalized spacial score (nSPS) is 17.8. The van der Waals surface area contributed by atoms with Crippen molar-refractivity contribution in [2.45, 2.75) is 59.0 Å². The summed E-state index contributed by atoms with van der Waals surface area (Å²) in [5, 5.41) is 14.3. The molecule has 0 bridgehead atoms. The standard InChI is InChI=1S/C31H35N5O3/c1-19-9-10-22(13-25(19)31(4,5)38)30(37)33-16-24-14-28-23(15-32-24)11-12-27(34-28)26-7-6-8-29(35-26)36-17-20(2)39-21(3)18-36/h6-15,20-21,38H,16-18H2,1-5H3,(H,33,37)/t20-,21+. The van der Waals surface area contributed by atoms with Crippen LogP contribution in [0.15, 0.2) is 60.8 Å². The second-order valence-corrected chi connectivity index (χ2v) is 10.9. The highest BCUT2D eigenvalue weighted by Gasteiger charge is 2.23. The number of aliphatic hydroxyl groups is 1. The van der Waals surface area contributed by atoms with Crippen molar-refractivity contribution in [2.75, 3.05) is 18.0 Å². The first-order valence-corrected chi connectivity index (χ1v) is 13.3. The van der Waals surface area contributed by atoms with E-state index in [1.165, 1.54) is 0 Å². The van der Waals surface area contributed by atoms with Gasteiger partial charge in [0.15, 0.2) is 0 Å². The molecule has 1 saturated heterocycles. The Hall–Kier alpha value is -3.88. The van der Waals surface area contributed by atoms with Gasteiger partial charge >= 0.3 is 0 Å². The number of amides is 1. The molecule has 202 valence electrons. The molecule has 4 aromatic rings. The Morgan fingerprint density at radius 2 is 1.79 bits per heavy atom. The number of nitrogens with one attached hydrogen (secondary N) is 1. The van der Waals surface area contributed by atoms with E-state index in [0.717, 1.165) is 52.3 Å². The first-order valence-electron chi connectivity index (χ1n) is 13.3. The van der Waals surface area contributed by atoms with Gasteiger partial charge in [-0.2, -0.15) is 0 Å². The molecule has 1 aliphatic heterocycles. The van der Waals surface area contributed by atoms with Crippen molar-refractivity contribution in [3.05, 3.63) is 83.2 Å². The highest BCUT2D eigenvalue weighted by atomic mass is 16.5. The highest BCUT2D eigenvalue weighted by Crippen LogP contribution is 2.26. The molecule has 39 heavy (non-hydrogen) atoms. The van der Waals surface area contributed by atoms with Crippen LogP contribution in [0, 0.1) is 6.92 Å². The molecule has 1 aliphatic rings. The molecule has 2 N–H and O–H groups in total. The second-order valence-electron chi connectivity index (χ2n) is 10.9. The minimum absolute atomic E-state index is 0.152. The van der Waals surface area contributed by atoms with Crippen LogP contribution in [0.4, 0.5) is 5.82 Å². The lowest BCUT2D eigenvalue weighted by Crippen LogP contribution is -2.45. The molecular formula is C31H35N5O3. The van der Waals surface area contributed by atoms with E-state index in [-0.39, 0.29) is 24.7 Å². The van der Waals surface area contributed by atoms with Crippen LogP contribution in [0.3, 0.4) is 0 Å². The number of carbonyl (C=O) groups excluding carboxylic acids is 1. The second kappa shape index (κ2) is 10.7. The Balaban J connectivity index is 1.33. The third kappa shape index (κ3) is 6.08. The third-order valence-electron chi connectivity index (χ3n) is 6.96. The number of aryl methyl sites for hydroxylation is 1. The molecule has 0 saturated carbocycles. The zero-order valence-electron chi connectivity index (χ0n) is 23.1. The summed E-state index contributed by atoms with van der Waals surface area (Å²) in [4.78, 5) is 29.4. The number of hydrogen-bond donors (Lipinski definition) is 2. The summed E-state index contributed by atoms with van der Waals surface area (Å²) in [6, 6.07) is 17.2. The Morgan fingerprint density at radius 3 is 2.54 bits per heavy atom. The van der Waals surface area contributed by atoms with Crippen molar-refractivity contribution in [3.63, 3.8) is 0 Å². The topological polar surface area (TPSA) is 100 Å². The predicted octanol–water partition coefficient (Wildman–Crippen LogP) is 4.77. The van der Waals surface area contributed by atoms with Crippen LogP contribution < -0.4 is 10.2 Å². The fraction of sp³-hybridized carbons (Fsp3) is 0.355. The number of rotatable bonds is 6. The van der Waals surface area contributed by atoms with E-state index in [4.69, 9.17) is 14.7 Å². The van der Waals surface area contributed by atoms with Gasteiger partial charge in [-0.3, -0.25) is 9.78 Å². The lowest BCUT2D eigenvalue weighted by Gasteiger charge is -2.36. The van der Waals surface area contributed by atoms with Gasteiger partial charge in [-0.15, -0.1) is 0 Å². The number of nitrogens with zero attached hydrogens (tertiary/aromatic N) is 4. The van der Waals surface area contributed by atoms with Crippen LogP contribution in [0.2, 0.25) is 0 Å². The molecule has 2 atom stereocenters. The molecule has 0 unspecified atom stereocenters. The van der Waals surface area contributed by atoms with Crippen LogP contribution in [-0.2, 0) is 16.9 Å². The van der Waals surface area contributed by atoms with E-state index in [1.54, 1.807) is 32.2 Å². The number of ether oxygens (including phenoxy) is 1. The molecular weight excluding hydrogens is 490 g/mol. The average Bonchev–Trinajstić information content (AvgIpc) is 2.90. The number of hydrogen-bond acceptors (Lipinski definition) is 7. The van der Waals surface area contributed by atoms with Crippen LogP contribution in [0.5, 0.6) is 0 Å². The van der Waals surface area contributed by atoms with Crippen LogP contribution in [0.1, 0.15) is 54.9 Å². The number of pyridine rings is 3. The van der Waals surface area contributed by atoms with E-state index in [1.807, 2.05) is 49.4 Å². The summed E-state index contributed by atoms with van der Waals surface area (Å²) >= 11 is 0. The molecule has 1 fully saturated rings. The van der Waals surface area contributed by atoms with E-state index in [9.17, 15) is 9.90 Å². The molecule has 0 spiro atoms. The lowest BCUT2D eigenvalue weighted by atomic mass is 9.92. The van der Waals surface area contributed by atoms with Gasteiger partial charge in [-0.1, -0.05) is 12.1 Å². The minimum atomic E-state index is -1.03. The van der Waals surface area contributed by atoms with Crippen molar-refractivity contribution < 1.29 is 14.6 Å². The summed E-state index contributed by atoms with van der Waals surface area (Å²) in [7, 11) is 0. The first kappa shape index (κ1) is 26.7. The van der Waals surface area contributed by atoms with Gasteiger partial charge in [-0.25, -0.2) is 9.97 Å². The van der Waals surface area contributed by atoms with Gasteiger partial charge in [0.2, 0.25) is 0 Å². The SMILES string of the molecule is Cc1ccc(C(=O)NCc2cc3nc(-c4cccc(N5C[C@@H](C)O[C@@H](C)C5)n4)ccc3cn2)cc1C(C)(C)O. The molecule has 3 aromatic heterocycles. The molecule has 0 radical (unpaired) electrons. The Morgan fingerprint density at radius 1 is 1.05 bits per heavy atom. The number of anilines is 1. The third-order valence-corrected chi connectivity index (χ3v) is 6.96. The number of benzene rings is 1. The fourth-order valence-electron chi connectivity index (χ4n) is 5.10. The lowest BCUT2D eigenvalue weighted by molar-refractivity contribution is -0.00545. The molecule has 8 nitrogen and oxygen atoms in total. The van der Waals surface area contributed by atoms with Gasteiger partial charge in [-0.05, 0) is 88.2 Å². The first-order chi connectivity index (χ1) is 18.6. The van der Waals surface area contributed by atoms with Gasteiger partial charge < -0.3 is 20.1 Å².